The number of azo groups is 1. The first-order valence-electron chi connectivity index (χ1n) is 6.19. The molecule has 3 aromatic rings. The van der Waals surface area contributed by atoms with Gasteiger partial charge in [-0.15, -0.1) is 10.2 Å². The first kappa shape index (κ1) is 12.4. The zero-order chi connectivity index (χ0) is 13.9. The van der Waals surface area contributed by atoms with Crippen molar-refractivity contribution in [3.05, 3.63) is 54.6 Å². The molecule has 0 aliphatic rings. The van der Waals surface area contributed by atoms with Crippen molar-refractivity contribution in [1.29, 1.82) is 0 Å². The summed E-state index contributed by atoms with van der Waals surface area (Å²) in [6.07, 6.45) is 0. The molecule has 100 valence electrons. The highest BCUT2D eigenvalue weighted by atomic mass is 16.3. The first-order chi connectivity index (χ1) is 9.81. The summed E-state index contributed by atoms with van der Waals surface area (Å²) in [5, 5.41) is 29.2. The molecule has 1 aromatic heterocycles. The normalized spacial score (nSPS) is 11.4. The molecule has 0 bridgehead atoms. The van der Waals surface area contributed by atoms with Gasteiger partial charge in [0.2, 0.25) is 5.88 Å². The molecule has 2 aromatic carbocycles. The average Bonchev–Trinajstić information content (AvgIpc) is 2.78. The standard InChI is InChI=1S/C15H13N3O2/c19-10-18-14(17-16-11-6-2-1-3-7-11)12-8-4-5-9-13(12)15(18)20/h1-9,19-20H,10H2. The molecule has 20 heavy (non-hydrogen) atoms. The third-order valence-electron chi connectivity index (χ3n) is 3.08. The van der Waals surface area contributed by atoms with Crippen LogP contribution in [-0.2, 0) is 6.73 Å². The lowest BCUT2D eigenvalue weighted by Crippen LogP contribution is -1.94. The topological polar surface area (TPSA) is 70.1 Å². The van der Waals surface area contributed by atoms with Crippen molar-refractivity contribution in [3.8, 4) is 5.88 Å². The van der Waals surface area contributed by atoms with Crippen LogP contribution in [0.4, 0.5) is 11.5 Å². The molecule has 0 unspecified atom stereocenters. The van der Waals surface area contributed by atoms with Crippen molar-refractivity contribution in [2.45, 2.75) is 6.73 Å². The van der Waals surface area contributed by atoms with Crippen LogP contribution in [0.3, 0.4) is 0 Å². The summed E-state index contributed by atoms with van der Waals surface area (Å²) in [4.78, 5) is 0. The lowest BCUT2D eigenvalue weighted by atomic mass is 10.2. The van der Waals surface area contributed by atoms with Gasteiger partial charge in [0.25, 0.3) is 0 Å². The van der Waals surface area contributed by atoms with Gasteiger partial charge >= 0.3 is 0 Å². The van der Waals surface area contributed by atoms with Crippen LogP contribution in [0.1, 0.15) is 0 Å². The summed E-state index contributed by atoms with van der Waals surface area (Å²) in [6, 6.07) is 16.6. The Morgan fingerprint density at radius 2 is 1.50 bits per heavy atom. The maximum Gasteiger partial charge on any atom is 0.202 e. The van der Waals surface area contributed by atoms with Crippen LogP contribution in [0.15, 0.2) is 64.8 Å². The van der Waals surface area contributed by atoms with E-state index in [0.717, 1.165) is 5.39 Å². The lowest BCUT2D eigenvalue weighted by molar-refractivity contribution is 0.199. The van der Waals surface area contributed by atoms with E-state index in [1.54, 1.807) is 6.07 Å². The van der Waals surface area contributed by atoms with E-state index in [1.807, 2.05) is 48.5 Å². The number of aromatic hydroxyl groups is 1. The molecule has 3 rings (SSSR count). The predicted octanol–water partition coefficient (Wildman–Crippen LogP) is 3.71. The third-order valence-corrected chi connectivity index (χ3v) is 3.08. The fraction of sp³-hybridized carbons (Fsp3) is 0.0667. The van der Waals surface area contributed by atoms with Crippen molar-refractivity contribution in [1.82, 2.24) is 4.57 Å². The van der Waals surface area contributed by atoms with Crippen LogP contribution in [0, 0.1) is 0 Å². The molecule has 0 aliphatic carbocycles. The van der Waals surface area contributed by atoms with E-state index in [2.05, 4.69) is 10.2 Å². The zero-order valence-electron chi connectivity index (χ0n) is 10.6. The molecule has 0 amide bonds. The fourth-order valence-electron chi connectivity index (χ4n) is 2.11. The van der Waals surface area contributed by atoms with Crippen LogP contribution >= 0.6 is 0 Å². The van der Waals surface area contributed by atoms with Crippen molar-refractivity contribution >= 4 is 22.3 Å². The van der Waals surface area contributed by atoms with Gasteiger partial charge in [-0.1, -0.05) is 36.4 Å². The third kappa shape index (κ3) is 2.04. The number of aliphatic hydroxyl groups is 1. The van der Waals surface area contributed by atoms with E-state index in [0.29, 0.717) is 16.9 Å². The summed E-state index contributed by atoms with van der Waals surface area (Å²) in [5.74, 6) is 0.426. The van der Waals surface area contributed by atoms with Gasteiger partial charge < -0.3 is 10.2 Å². The van der Waals surface area contributed by atoms with E-state index in [4.69, 9.17) is 0 Å². The molecule has 0 fully saturated rings. The largest absolute Gasteiger partial charge is 0.494 e. The average molecular weight is 267 g/mol. The number of hydrogen-bond donors (Lipinski definition) is 2. The molecular formula is C15H13N3O2. The molecule has 0 aliphatic heterocycles. The Bertz CT molecular complexity index is 763. The Morgan fingerprint density at radius 1 is 0.850 bits per heavy atom. The Balaban J connectivity index is 2.13. The molecule has 0 atom stereocenters. The van der Waals surface area contributed by atoms with Gasteiger partial charge in [-0.05, 0) is 18.2 Å². The maximum absolute atomic E-state index is 10.1. The van der Waals surface area contributed by atoms with Gasteiger partial charge in [-0.25, -0.2) is 0 Å². The summed E-state index contributed by atoms with van der Waals surface area (Å²) in [7, 11) is 0. The van der Waals surface area contributed by atoms with Crippen LogP contribution in [0.5, 0.6) is 5.88 Å². The van der Waals surface area contributed by atoms with Crippen molar-refractivity contribution in [3.63, 3.8) is 0 Å². The highest BCUT2D eigenvalue weighted by molar-refractivity contribution is 5.96. The summed E-state index contributed by atoms with van der Waals surface area (Å²) in [5.41, 5.74) is 0.710. The van der Waals surface area contributed by atoms with Gasteiger partial charge in [0.05, 0.1) is 5.69 Å². The molecule has 0 spiro atoms. The number of rotatable bonds is 3. The summed E-state index contributed by atoms with van der Waals surface area (Å²) in [6.45, 7) is -0.357. The van der Waals surface area contributed by atoms with Gasteiger partial charge in [-0.2, -0.15) is 0 Å². The Labute approximate surface area is 115 Å². The van der Waals surface area contributed by atoms with Crippen molar-refractivity contribution < 1.29 is 10.2 Å². The Morgan fingerprint density at radius 3 is 2.20 bits per heavy atom. The maximum atomic E-state index is 10.1. The van der Waals surface area contributed by atoms with E-state index in [9.17, 15) is 10.2 Å². The van der Waals surface area contributed by atoms with E-state index in [-0.39, 0.29) is 12.6 Å². The Hall–Kier alpha value is -2.66. The SMILES string of the molecule is OCn1c(O)c2ccccc2c1N=Nc1ccccc1. The monoisotopic (exact) mass is 267 g/mol. The highest BCUT2D eigenvalue weighted by Gasteiger charge is 2.14. The minimum Gasteiger partial charge on any atom is -0.494 e. The lowest BCUT2D eigenvalue weighted by Gasteiger charge is -2.01. The molecule has 2 N–H and O–H groups in total. The molecule has 0 saturated heterocycles. The highest BCUT2D eigenvalue weighted by Crippen LogP contribution is 2.37. The van der Waals surface area contributed by atoms with Gasteiger partial charge in [-0.3, -0.25) is 4.57 Å². The second kappa shape index (κ2) is 5.14. The first-order valence-corrected chi connectivity index (χ1v) is 6.19. The van der Waals surface area contributed by atoms with E-state index < -0.39 is 0 Å². The van der Waals surface area contributed by atoms with Crippen LogP contribution in [0.2, 0.25) is 0 Å². The fourth-order valence-corrected chi connectivity index (χ4v) is 2.11. The van der Waals surface area contributed by atoms with Crippen molar-refractivity contribution in [2.24, 2.45) is 10.2 Å². The van der Waals surface area contributed by atoms with Gasteiger partial charge in [0.1, 0.15) is 6.73 Å². The number of aromatic nitrogens is 1. The molecular weight excluding hydrogens is 254 g/mol. The molecule has 1 heterocycles. The second-order valence-electron chi connectivity index (χ2n) is 4.30. The zero-order valence-corrected chi connectivity index (χ0v) is 10.6. The molecule has 0 radical (unpaired) electrons. The Kier molecular flexibility index (Phi) is 3.18. The predicted molar refractivity (Wildman–Crippen MR) is 76.4 cm³/mol. The summed E-state index contributed by atoms with van der Waals surface area (Å²) < 4.78 is 1.32. The minimum atomic E-state index is -0.357. The van der Waals surface area contributed by atoms with Gasteiger partial charge in [0, 0.05) is 10.8 Å². The summed E-state index contributed by atoms with van der Waals surface area (Å²) >= 11 is 0. The number of nitrogens with zero attached hydrogens (tertiary/aromatic N) is 3. The molecule has 0 saturated carbocycles. The second-order valence-corrected chi connectivity index (χ2v) is 4.30. The molecule has 5 nitrogen and oxygen atoms in total. The minimum absolute atomic E-state index is 0.00916. The number of hydrogen-bond acceptors (Lipinski definition) is 4. The quantitative estimate of drug-likeness (QED) is 0.710. The van der Waals surface area contributed by atoms with Crippen LogP contribution in [-0.4, -0.2) is 14.8 Å². The van der Waals surface area contributed by atoms with Crippen molar-refractivity contribution in [2.75, 3.05) is 0 Å². The number of aliphatic hydroxyl groups excluding tert-OH is 1. The van der Waals surface area contributed by atoms with E-state index >= 15 is 0 Å². The number of fused-ring (bicyclic) bond motifs is 1. The molecule has 5 heteroatoms. The smallest absolute Gasteiger partial charge is 0.202 e. The van der Waals surface area contributed by atoms with Gasteiger partial charge in [0.15, 0.2) is 5.82 Å². The number of benzene rings is 2. The van der Waals surface area contributed by atoms with Crippen LogP contribution in [0.25, 0.3) is 10.8 Å². The van der Waals surface area contributed by atoms with E-state index in [1.165, 1.54) is 4.57 Å². The van der Waals surface area contributed by atoms with Crippen LogP contribution < -0.4 is 0 Å².